The summed E-state index contributed by atoms with van der Waals surface area (Å²) in [4.78, 5) is 2.54. The van der Waals surface area contributed by atoms with Crippen molar-refractivity contribution in [2.45, 2.75) is 51.2 Å². The van der Waals surface area contributed by atoms with Gasteiger partial charge in [0.25, 0.3) is 0 Å². The minimum atomic E-state index is -0.375. The molecule has 0 saturated heterocycles. The van der Waals surface area contributed by atoms with Gasteiger partial charge in [0.1, 0.15) is 0 Å². The van der Waals surface area contributed by atoms with Gasteiger partial charge in [0.2, 0.25) is 0 Å². The third-order valence-electron chi connectivity index (χ3n) is 3.81. The van der Waals surface area contributed by atoms with Crippen LogP contribution in [0.15, 0.2) is 24.3 Å². The van der Waals surface area contributed by atoms with Crippen molar-refractivity contribution in [1.82, 2.24) is 4.90 Å². The summed E-state index contributed by atoms with van der Waals surface area (Å²) in [5, 5.41) is 10.9. The van der Waals surface area contributed by atoms with E-state index in [1.165, 1.54) is 32.2 Å². The van der Waals surface area contributed by atoms with E-state index >= 15 is 0 Å². The van der Waals surface area contributed by atoms with Crippen molar-refractivity contribution < 1.29 is 5.11 Å². The van der Waals surface area contributed by atoms with Crippen LogP contribution in [-0.2, 0) is 0 Å². The molecule has 106 valence electrons. The molecular weight excluding hydrogens is 258 g/mol. The van der Waals surface area contributed by atoms with Gasteiger partial charge in [-0.1, -0.05) is 37.1 Å². The van der Waals surface area contributed by atoms with Gasteiger partial charge in [-0.3, -0.25) is 0 Å². The zero-order valence-electron chi connectivity index (χ0n) is 11.7. The molecule has 1 aliphatic carbocycles. The topological polar surface area (TPSA) is 23.5 Å². The van der Waals surface area contributed by atoms with Crippen LogP contribution in [0.2, 0.25) is 5.02 Å². The van der Waals surface area contributed by atoms with Crippen LogP contribution in [-0.4, -0.2) is 29.1 Å². The Morgan fingerprint density at radius 3 is 2.53 bits per heavy atom. The summed E-state index contributed by atoms with van der Waals surface area (Å²) in [5.74, 6) is 0. The summed E-state index contributed by atoms with van der Waals surface area (Å²) >= 11 is 5.86. The van der Waals surface area contributed by atoms with E-state index < -0.39 is 0 Å². The fourth-order valence-corrected chi connectivity index (χ4v) is 2.54. The predicted molar refractivity (Wildman–Crippen MR) is 80.5 cm³/mol. The maximum atomic E-state index is 10.2. The molecule has 0 amide bonds. The lowest BCUT2D eigenvalue weighted by Crippen LogP contribution is -2.29. The number of nitrogens with zero attached hydrogens (tertiary/aromatic N) is 1. The molecular formula is C16H24ClNO. The van der Waals surface area contributed by atoms with E-state index in [-0.39, 0.29) is 6.10 Å². The van der Waals surface area contributed by atoms with Gasteiger partial charge in [0.05, 0.1) is 6.10 Å². The maximum absolute atomic E-state index is 10.2. The SMILES string of the molecule is CCCCN(CCC(O)c1ccc(Cl)cc1)C1CC1. The number of aliphatic hydroxyl groups excluding tert-OH is 1. The van der Waals surface area contributed by atoms with Gasteiger partial charge in [-0.15, -0.1) is 0 Å². The van der Waals surface area contributed by atoms with Crippen molar-refractivity contribution in [3.63, 3.8) is 0 Å². The first-order valence-corrected chi connectivity index (χ1v) is 7.76. The van der Waals surface area contributed by atoms with Crippen LogP contribution in [0.5, 0.6) is 0 Å². The van der Waals surface area contributed by atoms with Crippen LogP contribution in [0.25, 0.3) is 0 Å². The molecule has 1 aromatic carbocycles. The Labute approximate surface area is 121 Å². The summed E-state index contributed by atoms with van der Waals surface area (Å²) in [6, 6.07) is 8.30. The minimum absolute atomic E-state index is 0.375. The Morgan fingerprint density at radius 1 is 1.26 bits per heavy atom. The second-order valence-corrected chi connectivity index (χ2v) is 5.91. The predicted octanol–water partition coefficient (Wildman–Crippen LogP) is 4.03. The van der Waals surface area contributed by atoms with E-state index in [0.717, 1.165) is 29.6 Å². The lowest BCUT2D eigenvalue weighted by atomic mass is 10.1. The van der Waals surface area contributed by atoms with Crippen LogP contribution in [0.3, 0.4) is 0 Å². The van der Waals surface area contributed by atoms with Crippen molar-refractivity contribution in [3.8, 4) is 0 Å². The molecule has 0 spiro atoms. The molecule has 19 heavy (non-hydrogen) atoms. The van der Waals surface area contributed by atoms with Gasteiger partial charge in [-0.2, -0.15) is 0 Å². The van der Waals surface area contributed by atoms with E-state index in [9.17, 15) is 5.11 Å². The lowest BCUT2D eigenvalue weighted by Gasteiger charge is -2.23. The first-order valence-electron chi connectivity index (χ1n) is 7.38. The highest BCUT2D eigenvalue weighted by atomic mass is 35.5. The molecule has 2 rings (SSSR count). The molecule has 1 atom stereocenters. The third kappa shape index (κ3) is 4.79. The third-order valence-corrected chi connectivity index (χ3v) is 4.06. The fourth-order valence-electron chi connectivity index (χ4n) is 2.42. The highest BCUT2D eigenvalue weighted by Crippen LogP contribution is 2.28. The molecule has 1 N–H and O–H groups in total. The molecule has 1 aliphatic rings. The summed E-state index contributed by atoms with van der Waals surface area (Å²) < 4.78 is 0. The molecule has 2 nitrogen and oxygen atoms in total. The number of unbranched alkanes of at least 4 members (excludes halogenated alkanes) is 1. The second-order valence-electron chi connectivity index (χ2n) is 5.48. The first kappa shape index (κ1) is 14.8. The highest BCUT2D eigenvalue weighted by molar-refractivity contribution is 6.30. The standard InChI is InChI=1S/C16H24ClNO/c1-2-3-11-18(15-8-9-15)12-10-16(19)13-4-6-14(17)7-5-13/h4-7,15-16,19H,2-3,8-12H2,1H3. The van der Waals surface area contributed by atoms with Gasteiger partial charge in [0, 0.05) is 17.6 Å². The van der Waals surface area contributed by atoms with Gasteiger partial charge >= 0.3 is 0 Å². The van der Waals surface area contributed by atoms with Crippen LogP contribution in [0.1, 0.15) is 50.7 Å². The Morgan fingerprint density at radius 2 is 1.95 bits per heavy atom. The lowest BCUT2D eigenvalue weighted by molar-refractivity contribution is 0.138. The van der Waals surface area contributed by atoms with E-state index in [2.05, 4.69) is 11.8 Å². The van der Waals surface area contributed by atoms with E-state index in [4.69, 9.17) is 11.6 Å². The zero-order valence-corrected chi connectivity index (χ0v) is 12.4. The van der Waals surface area contributed by atoms with Gasteiger partial charge in [-0.25, -0.2) is 0 Å². The van der Waals surface area contributed by atoms with Crippen molar-refractivity contribution in [2.75, 3.05) is 13.1 Å². The van der Waals surface area contributed by atoms with Crippen LogP contribution in [0, 0.1) is 0 Å². The average molecular weight is 282 g/mol. The first-order chi connectivity index (χ1) is 9.20. The van der Waals surface area contributed by atoms with Crippen LogP contribution < -0.4 is 0 Å². The van der Waals surface area contributed by atoms with Crippen molar-refractivity contribution >= 4 is 11.6 Å². The minimum Gasteiger partial charge on any atom is -0.388 e. The van der Waals surface area contributed by atoms with Crippen LogP contribution >= 0.6 is 11.6 Å². The van der Waals surface area contributed by atoms with Gasteiger partial charge in [-0.05, 0) is 49.9 Å². The van der Waals surface area contributed by atoms with Gasteiger partial charge < -0.3 is 10.0 Å². The molecule has 0 heterocycles. The van der Waals surface area contributed by atoms with E-state index in [1.807, 2.05) is 24.3 Å². The van der Waals surface area contributed by atoms with Crippen LogP contribution in [0.4, 0.5) is 0 Å². The number of benzene rings is 1. The highest BCUT2D eigenvalue weighted by Gasteiger charge is 2.28. The van der Waals surface area contributed by atoms with Crippen molar-refractivity contribution in [3.05, 3.63) is 34.9 Å². The summed E-state index contributed by atoms with van der Waals surface area (Å²) in [6.45, 7) is 4.40. The molecule has 3 heteroatoms. The normalized spacial score (nSPS) is 16.8. The van der Waals surface area contributed by atoms with Gasteiger partial charge in [0.15, 0.2) is 0 Å². The van der Waals surface area contributed by atoms with E-state index in [0.29, 0.717) is 0 Å². The number of halogens is 1. The Bertz CT molecular complexity index is 375. The number of rotatable bonds is 8. The van der Waals surface area contributed by atoms with Crippen molar-refractivity contribution in [2.24, 2.45) is 0 Å². The summed E-state index contributed by atoms with van der Waals surface area (Å²) in [6.07, 6.45) is 5.60. The number of aliphatic hydroxyl groups is 1. The zero-order chi connectivity index (χ0) is 13.7. The monoisotopic (exact) mass is 281 g/mol. The summed E-state index contributed by atoms with van der Waals surface area (Å²) in [5.41, 5.74) is 0.968. The molecule has 0 aliphatic heterocycles. The van der Waals surface area contributed by atoms with E-state index in [1.54, 1.807) is 0 Å². The summed E-state index contributed by atoms with van der Waals surface area (Å²) in [7, 11) is 0. The molecule has 0 aromatic heterocycles. The molecule has 1 saturated carbocycles. The molecule has 1 unspecified atom stereocenters. The smallest absolute Gasteiger partial charge is 0.0802 e. The molecule has 1 aromatic rings. The molecule has 0 bridgehead atoms. The number of hydrogen-bond acceptors (Lipinski definition) is 2. The number of hydrogen-bond donors (Lipinski definition) is 1. The quantitative estimate of drug-likeness (QED) is 0.778. The van der Waals surface area contributed by atoms with Crippen molar-refractivity contribution in [1.29, 1.82) is 0 Å². The Kier molecular flexibility index (Phi) is 5.68. The largest absolute Gasteiger partial charge is 0.388 e. The molecule has 1 fully saturated rings. The molecule has 0 radical (unpaired) electrons. The second kappa shape index (κ2) is 7.28. The fraction of sp³-hybridized carbons (Fsp3) is 0.625. The average Bonchev–Trinajstić information content (AvgIpc) is 3.24. The Balaban J connectivity index is 1.80. The maximum Gasteiger partial charge on any atom is 0.0802 e. The Hall–Kier alpha value is -0.570.